The summed E-state index contributed by atoms with van der Waals surface area (Å²) < 4.78 is 44.0. The Balaban J connectivity index is 1.60. The van der Waals surface area contributed by atoms with Crippen LogP contribution in [0.3, 0.4) is 0 Å². The third kappa shape index (κ3) is 3.74. The molecule has 0 aliphatic carbocycles. The van der Waals surface area contributed by atoms with Crippen LogP contribution in [0.4, 0.5) is 13.2 Å². The first-order chi connectivity index (χ1) is 13.0. The summed E-state index contributed by atoms with van der Waals surface area (Å²) in [6, 6.07) is 16.1. The van der Waals surface area contributed by atoms with Gasteiger partial charge in [-0.05, 0) is 42.0 Å². The van der Waals surface area contributed by atoms with Crippen molar-refractivity contribution in [2.45, 2.75) is 6.18 Å². The summed E-state index contributed by atoms with van der Waals surface area (Å²) in [7, 11) is 0. The number of halogens is 3. The van der Waals surface area contributed by atoms with E-state index in [1.54, 1.807) is 24.7 Å². The molecule has 3 nitrogen and oxygen atoms in total. The summed E-state index contributed by atoms with van der Waals surface area (Å²) in [6.45, 7) is 0. The van der Waals surface area contributed by atoms with Crippen molar-refractivity contribution >= 4 is 10.9 Å². The Bertz CT molecular complexity index is 1090. The van der Waals surface area contributed by atoms with Crippen molar-refractivity contribution in [1.82, 2.24) is 9.97 Å². The largest absolute Gasteiger partial charge is 0.456 e. The normalized spacial score (nSPS) is 11.5. The quantitative estimate of drug-likeness (QED) is 0.439. The Morgan fingerprint density at radius 3 is 2.37 bits per heavy atom. The fraction of sp³-hybridized carbons (Fsp3) is 0.0476. The minimum absolute atomic E-state index is 0.489. The molecular formula is C21H13F3N2O. The second kappa shape index (κ2) is 6.72. The lowest BCUT2D eigenvalue weighted by Gasteiger charge is -2.10. The number of pyridine rings is 2. The highest BCUT2D eigenvalue weighted by Gasteiger charge is 2.29. The van der Waals surface area contributed by atoms with E-state index in [0.29, 0.717) is 22.6 Å². The van der Waals surface area contributed by atoms with E-state index in [1.165, 1.54) is 12.1 Å². The Morgan fingerprint density at radius 1 is 0.778 bits per heavy atom. The first-order valence-corrected chi connectivity index (χ1v) is 8.14. The lowest BCUT2D eigenvalue weighted by molar-refractivity contribution is -0.137. The third-order valence-corrected chi connectivity index (χ3v) is 4.07. The Morgan fingerprint density at radius 2 is 1.59 bits per heavy atom. The van der Waals surface area contributed by atoms with Crippen molar-refractivity contribution in [3.8, 4) is 22.6 Å². The van der Waals surface area contributed by atoms with Gasteiger partial charge in [0.25, 0.3) is 0 Å². The summed E-state index contributed by atoms with van der Waals surface area (Å²) in [4.78, 5) is 8.42. The van der Waals surface area contributed by atoms with Gasteiger partial charge in [-0.3, -0.25) is 9.97 Å². The molecule has 4 rings (SSSR count). The molecule has 0 N–H and O–H groups in total. The summed E-state index contributed by atoms with van der Waals surface area (Å²) in [5, 5.41) is 1.00. The molecule has 4 aromatic rings. The number of hydrogen-bond acceptors (Lipinski definition) is 3. The molecular weight excluding hydrogens is 353 g/mol. The molecule has 2 aromatic carbocycles. The van der Waals surface area contributed by atoms with Crippen LogP contribution in [0.25, 0.3) is 22.0 Å². The van der Waals surface area contributed by atoms with Gasteiger partial charge >= 0.3 is 6.18 Å². The van der Waals surface area contributed by atoms with Crippen LogP contribution in [0, 0.1) is 0 Å². The van der Waals surface area contributed by atoms with E-state index in [0.717, 1.165) is 23.0 Å². The van der Waals surface area contributed by atoms with Crippen molar-refractivity contribution in [3.63, 3.8) is 0 Å². The van der Waals surface area contributed by atoms with Gasteiger partial charge in [0.1, 0.15) is 11.5 Å². The minimum Gasteiger partial charge on any atom is -0.456 e. The van der Waals surface area contributed by atoms with Crippen molar-refractivity contribution in [2.75, 3.05) is 0 Å². The summed E-state index contributed by atoms with van der Waals surface area (Å²) in [5.41, 5.74) is 1.42. The minimum atomic E-state index is -4.36. The highest BCUT2D eigenvalue weighted by Crippen LogP contribution is 2.32. The van der Waals surface area contributed by atoms with E-state index in [4.69, 9.17) is 4.74 Å². The van der Waals surface area contributed by atoms with Crippen LogP contribution in [-0.4, -0.2) is 9.97 Å². The molecule has 6 heteroatoms. The number of nitrogens with zero attached hydrogens (tertiary/aromatic N) is 2. The van der Waals surface area contributed by atoms with E-state index < -0.39 is 11.7 Å². The van der Waals surface area contributed by atoms with Gasteiger partial charge in [0, 0.05) is 29.4 Å². The molecule has 0 atom stereocenters. The molecule has 0 aliphatic rings. The van der Waals surface area contributed by atoms with Crippen molar-refractivity contribution in [2.24, 2.45) is 0 Å². The van der Waals surface area contributed by atoms with Gasteiger partial charge in [-0.15, -0.1) is 0 Å². The molecule has 134 valence electrons. The number of aromatic nitrogens is 2. The number of fused-ring (bicyclic) bond motifs is 1. The number of rotatable bonds is 3. The zero-order valence-corrected chi connectivity index (χ0v) is 13.9. The third-order valence-electron chi connectivity index (χ3n) is 4.07. The molecule has 0 saturated carbocycles. The highest BCUT2D eigenvalue weighted by molar-refractivity contribution is 5.79. The average molecular weight is 366 g/mol. The van der Waals surface area contributed by atoms with E-state index in [-0.39, 0.29) is 0 Å². The molecule has 0 bridgehead atoms. The van der Waals surface area contributed by atoms with Crippen LogP contribution >= 0.6 is 0 Å². The van der Waals surface area contributed by atoms with Gasteiger partial charge in [-0.1, -0.05) is 18.2 Å². The fourth-order valence-electron chi connectivity index (χ4n) is 2.73. The van der Waals surface area contributed by atoms with Crippen LogP contribution in [-0.2, 0) is 6.18 Å². The lowest BCUT2D eigenvalue weighted by Crippen LogP contribution is -2.03. The number of alkyl halides is 3. The second-order valence-corrected chi connectivity index (χ2v) is 5.94. The zero-order chi connectivity index (χ0) is 18.9. The Kier molecular flexibility index (Phi) is 4.24. The topological polar surface area (TPSA) is 35.0 Å². The van der Waals surface area contributed by atoms with Gasteiger partial charge in [-0.2, -0.15) is 13.2 Å². The zero-order valence-electron chi connectivity index (χ0n) is 13.9. The summed E-state index contributed by atoms with van der Waals surface area (Å²) in [6.07, 6.45) is 0.484. The molecule has 0 spiro atoms. The van der Waals surface area contributed by atoms with Gasteiger partial charge < -0.3 is 4.74 Å². The number of benzene rings is 2. The first-order valence-electron chi connectivity index (χ1n) is 8.14. The molecule has 0 fully saturated rings. The molecule has 2 heterocycles. The molecule has 0 unspecified atom stereocenters. The van der Waals surface area contributed by atoms with Crippen LogP contribution in [0.1, 0.15) is 5.56 Å². The molecule has 0 aliphatic heterocycles. The lowest BCUT2D eigenvalue weighted by atomic mass is 10.1. The maximum Gasteiger partial charge on any atom is 0.416 e. The smallest absolute Gasteiger partial charge is 0.416 e. The predicted octanol–water partition coefficient (Wildman–Crippen LogP) is 6.11. The maximum absolute atomic E-state index is 12.7. The van der Waals surface area contributed by atoms with Gasteiger partial charge in [-0.25, -0.2) is 0 Å². The van der Waals surface area contributed by atoms with Gasteiger partial charge in [0.15, 0.2) is 0 Å². The maximum atomic E-state index is 12.7. The monoisotopic (exact) mass is 366 g/mol. The Labute approximate surface area is 153 Å². The number of hydrogen-bond donors (Lipinski definition) is 0. The van der Waals surface area contributed by atoms with Crippen LogP contribution in [0.2, 0.25) is 0 Å². The van der Waals surface area contributed by atoms with Crippen LogP contribution in [0.5, 0.6) is 11.5 Å². The SMILES string of the molecule is FC(F)(F)c1ccc(-c2cncc(Oc3ccc4cccnc4c3)c2)cc1. The summed E-state index contributed by atoms with van der Waals surface area (Å²) >= 11 is 0. The van der Waals surface area contributed by atoms with E-state index in [1.807, 2.05) is 30.3 Å². The van der Waals surface area contributed by atoms with Crippen LogP contribution in [0.15, 0.2) is 79.3 Å². The molecule has 0 amide bonds. The van der Waals surface area contributed by atoms with Crippen molar-refractivity contribution in [3.05, 3.63) is 84.8 Å². The van der Waals surface area contributed by atoms with E-state index in [9.17, 15) is 13.2 Å². The Hall–Kier alpha value is -3.41. The van der Waals surface area contributed by atoms with Crippen molar-refractivity contribution in [1.29, 1.82) is 0 Å². The fourth-order valence-corrected chi connectivity index (χ4v) is 2.73. The van der Waals surface area contributed by atoms with E-state index in [2.05, 4.69) is 9.97 Å². The van der Waals surface area contributed by atoms with Crippen LogP contribution < -0.4 is 4.74 Å². The molecule has 2 aromatic heterocycles. The average Bonchev–Trinajstić information content (AvgIpc) is 2.68. The number of ether oxygens (including phenoxy) is 1. The molecule has 0 radical (unpaired) electrons. The molecule has 0 saturated heterocycles. The second-order valence-electron chi connectivity index (χ2n) is 5.94. The van der Waals surface area contributed by atoms with Gasteiger partial charge in [0.05, 0.1) is 17.3 Å². The first kappa shape index (κ1) is 17.0. The molecule has 27 heavy (non-hydrogen) atoms. The highest BCUT2D eigenvalue weighted by atomic mass is 19.4. The standard InChI is InChI=1S/C21H13F3N2O/c22-21(23,24)17-6-3-14(4-7-17)16-10-19(13-25-12-16)27-18-8-5-15-2-1-9-26-20(15)11-18/h1-13H. The van der Waals surface area contributed by atoms with E-state index >= 15 is 0 Å². The van der Waals surface area contributed by atoms with Crippen molar-refractivity contribution < 1.29 is 17.9 Å². The summed E-state index contributed by atoms with van der Waals surface area (Å²) in [5.74, 6) is 1.09. The predicted molar refractivity (Wildman–Crippen MR) is 96.5 cm³/mol. The van der Waals surface area contributed by atoms with Gasteiger partial charge in [0.2, 0.25) is 0 Å².